The zero-order chi connectivity index (χ0) is 9.42. The molecule has 0 N–H and O–H groups in total. The van der Waals surface area contributed by atoms with Crippen molar-refractivity contribution >= 4 is 11.0 Å². The molecule has 0 aliphatic heterocycles. The lowest BCUT2D eigenvalue weighted by Crippen LogP contribution is -1.93. The Bertz CT molecular complexity index is 507. The molecule has 0 bridgehead atoms. The Morgan fingerprint density at radius 1 is 1.62 bits per heavy atom. The van der Waals surface area contributed by atoms with E-state index in [-0.39, 0.29) is 5.56 Å². The maximum absolute atomic E-state index is 13.1. The maximum Gasteiger partial charge on any atom is 0.161 e. The summed E-state index contributed by atoms with van der Waals surface area (Å²) in [5.74, 6) is -0.572. The Kier molecular flexibility index (Phi) is 1.52. The van der Waals surface area contributed by atoms with Crippen LogP contribution in [0.4, 0.5) is 4.39 Å². The largest absolute Gasteiger partial charge is 0.348 e. The lowest BCUT2D eigenvalue weighted by atomic mass is 10.2. The lowest BCUT2D eigenvalue weighted by molar-refractivity contribution is 0.619. The standard InChI is InChI=1S/C9H6FN3/c1-13-3-2-8-9(13)6(4-11)7(10)5-12-8/h2-3,5H,1H3. The van der Waals surface area contributed by atoms with Crippen LogP contribution >= 0.6 is 0 Å². The fourth-order valence-electron chi connectivity index (χ4n) is 1.34. The number of rotatable bonds is 0. The van der Waals surface area contributed by atoms with Gasteiger partial charge in [-0.3, -0.25) is 4.98 Å². The van der Waals surface area contributed by atoms with Crippen molar-refractivity contribution in [2.24, 2.45) is 7.05 Å². The quantitative estimate of drug-likeness (QED) is 0.610. The summed E-state index contributed by atoms with van der Waals surface area (Å²) in [5.41, 5.74) is 1.24. The van der Waals surface area contributed by atoms with Crippen LogP contribution in [0, 0.1) is 17.1 Å². The number of nitriles is 1. The van der Waals surface area contributed by atoms with Gasteiger partial charge in [0, 0.05) is 13.2 Å². The van der Waals surface area contributed by atoms with E-state index in [0.717, 1.165) is 6.20 Å². The molecule has 64 valence electrons. The Balaban J connectivity index is 2.99. The molecule has 0 atom stereocenters. The normalized spacial score (nSPS) is 10.2. The van der Waals surface area contributed by atoms with Gasteiger partial charge >= 0.3 is 0 Å². The highest BCUT2D eigenvalue weighted by atomic mass is 19.1. The number of fused-ring (bicyclic) bond motifs is 1. The summed E-state index contributed by atoms with van der Waals surface area (Å²) >= 11 is 0. The highest BCUT2D eigenvalue weighted by Gasteiger charge is 2.10. The first-order valence-electron chi connectivity index (χ1n) is 3.73. The van der Waals surface area contributed by atoms with Crippen LogP contribution in [0.5, 0.6) is 0 Å². The second-order valence-electron chi connectivity index (χ2n) is 2.75. The van der Waals surface area contributed by atoms with Crippen LogP contribution in [0.2, 0.25) is 0 Å². The second kappa shape index (κ2) is 2.56. The van der Waals surface area contributed by atoms with Crippen molar-refractivity contribution in [2.45, 2.75) is 0 Å². The molecule has 0 saturated heterocycles. The molecule has 0 fully saturated rings. The van der Waals surface area contributed by atoms with Gasteiger partial charge in [0.15, 0.2) is 5.82 Å². The summed E-state index contributed by atoms with van der Waals surface area (Å²) in [6, 6.07) is 3.58. The average Bonchev–Trinajstić information content (AvgIpc) is 2.49. The smallest absolute Gasteiger partial charge is 0.161 e. The first kappa shape index (κ1) is 7.74. The summed E-state index contributed by atoms with van der Waals surface area (Å²) < 4.78 is 14.8. The summed E-state index contributed by atoms with van der Waals surface area (Å²) in [7, 11) is 1.75. The Morgan fingerprint density at radius 2 is 2.38 bits per heavy atom. The third-order valence-corrected chi connectivity index (χ3v) is 1.96. The van der Waals surface area contributed by atoms with E-state index in [1.807, 2.05) is 6.07 Å². The number of aromatic nitrogens is 2. The number of nitrogens with zero attached hydrogens (tertiary/aromatic N) is 3. The SMILES string of the molecule is Cn1ccc2ncc(F)c(C#N)c21. The van der Waals surface area contributed by atoms with Gasteiger partial charge in [0.1, 0.15) is 11.6 Å². The number of halogens is 1. The van der Waals surface area contributed by atoms with Crippen LogP contribution in [0.15, 0.2) is 18.5 Å². The van der Waals surface area contributed by atoms with Crippen molar-refractivity contribution in [3.8, 4) is 6.07 Å². The van der Waals surface area contributed by atoms with E-state index in [1.54, 1.807) is 23.9 Å². The van der Waals surface area contributed by atoms with E-state index < -0.39 is 5.82 Å². The van der Waals surface area contributed by atoms with Crippen LogP contribution in [0.3, 0.4) is 0 Å². The van der Waals surface area contributed by atoms with Gasteiger partial charge in [-0.15, -0.1) is 0 Å². The molecule has 0 saturated carbocycles. The maximum atomic E-state index is 13.1. The zero-order valence-electron chi connectivity index (χ0n) is 6.95. The van der Waals surface area contributed by atoms with Crippen LogP contribution in [-0.4, -0.2) is 9.55 Å². The monoisotopic (exact) mass is 175 g/mol. The minimum Gasteiger partial charge on any atom is -0.348 e. The van der Waals surface area contributed by atoms with Gasteiger partial charge in [-0.25, -0.2) is 4.39 Å². The average molecular weight is 175 g/mol. The fourth-order valence-corrected chi connectivity index (χ4v) is 1.34. The van der Waals surface area contributed by atoms with Crippen molar-refractivity contribution < 1.29 is 4.39 Å². The predicted octanol–water partition coefficient (Wildman–Crippen LogP) is 1.58. The predicted molar refractivity (Wildman–Crippen MR) is 45.4 cm³/mol. The Morgan fingerprint density at radius 3 is 3.08 bits per heavy atom. The molecule has 0 amide bonds. The summed E-state index contributed by atoms with van der Waals surface area (Å²) in [6.07, 6.45) is 2.82. The first-order valence-corrected chi connectivity index (χ1v) is 3.73. The molecule has 4 heteroatoms. The van der Waals surface area contributed by atoms with Gasteiger partial charge in [0.2, 0.25) is 0 Å². The summed E-state index contributed by atoms with van der Waals surface area (Å²) in [4.78, 5) is 3.86. The van der Waals surface area contributed by atoms with E-state index in [0.29, 0.717) is 11.0 Å². The topological polar surface area (TPSA) is 41.6 Å². The van der Waals surface area contributed by atoms with E-state index in [9.17, 15) is 4.39 Å². The zero-order valence-corrected chi connectivity index (χ0v) is 6.95. The first-order chi connectivity index (χ1) is 6.24. The second-order valence-corrected chi connectivity index (χ2v) is 2.75. The Hall–Kier alpha value is -1.89. The van der Waals surface area contributed by atoms with E-state index >= 15 is 0 Å². The highest BCUT2D eigenvalue weighted by molar-refractivity contribution is 5.81. The molecule has 0 aliphatic carbocycles. The van der Waals surface area contributed by atoms with Gasteiger partial charge in [-0.2, -0.15) is 5.26 Å². The van der Waals surface area contributed by atoms with Gasteiger partial charge < -0.3 is 4.57 Å². The minimum atomic E-state index is -0.572. The van der Waals surface area contributed by atoms with Crippen LogP contribution < -0.4 is 0 Å². The molecule has 0 radical (unpaired) electrons. The molecular formula is C9H6FN3. The highest BCUT2D eigenvalue weighted by Crippen LogP contribution is 2.18. The van der Waals surface area contributed by atoms with Crippen LogP contribution in [-0.2, 0) is 7.05 Å². The summed E-state index contributed by atoms with van der Waals surface area (Å²) in [6.45, 7) is 0. The molecule has 2 aromatic heterocycles. The third kappa shape index (κ3) is 0.975. The number of aryl methyl sites for hydroxylation is 1. The summed E-state index contributed by atoms with van der Waals surface area (Å²) in [5, 5.41) is 8.73. The molecule has 3 nitrogen and oxygen atoms in total. The van der Waals surface area contributed by atoms with Crippen molar-refractivity contribution in [1.82, 2.24) is 9.55 Å². The molecule has 2 heterocycles. The van der Waals surface area contributed by atoms with Gasteiger partial charge in [0.25, 0.3) is 0 Å². The van der Waals surface area contributed by atoms with Gasteiger partial charge in [-0.1, -0.05) is 0 Å². The molecule has 0 unspecified atom stereocenters. The fraction of sp³-hybridized carbons (Fsp3) is 0.111. The van der Waals surface area contributed by atoms with Crippen molar-refractivity contribution in [3.63, 3.8) is 0 Å². The van der Waals surface area contributed by atoms with Crippen LogP contribution in [0.25, 0.3) is 11.0 Å². The molecular weight excluding hydrogens is 169 g/mol. The molecule has 0 aliphatic rings. The number of hydrogen-bond acceptors (Lipinski definition) is 2. The number of hydrogen-bond donors (Lipinski definition) is 0. The van der Waals surface area contributed by atoms with Gasteiger partial charge in [-0.05, 0) is 6.07 Å². The minimum absolute atomic E-state index is 0.0532. The lowest BCUT2D eigenvalue weighted by Gasteiger charge is -1.98. The van der Waals surface area contributed by atoms with Crippen molar-refractivity contribution in [3.05, 3.63) is 29.8 Å². The van der Waals surface area contributed by atoms with E-state index in [1.165, 1.54) is 0 Å². The van der Waals surface area contributed by atoms with Gasteiger partial charge in [0.05, 0.1) is 17.2 Å². The third-order valence-electron chi connectivity index (χ3n) is 1.96. The Labute approximate surface area is 74.0 Å². The molecule has 2 aromatic rings. The molecule has 13 heavy (non-hydrogen) atoms. The van der Waals surface area contributed by atoms with Crippen molar-refractivity contribution in [2.75, 3.05) is 0 Å². The molecule has 2 rings (SSSR count). The number of pyridine rings is 1. The molecule has 0 aromatic carbocycles. The van der Waals surface area contributed by atoms with Crippen molar-refractivity contribution in [1.29, 1.82) is 5.26 Å². The van der Waals surface area contributed by atoms with E-state index in [4.69, 9.17) is 5.26 Å². The van der Waals surface area contributed by atoms with Crippen LogP contribution in [0.1, 0.15) is 5.56 Å². The molecule has 0 spiro atoms. The van der Waals surface area contributed by atoms with E-state index in [2.05, 4.69) is 4.98 Å².